The lowest BCUT2D eigenvalue weighted by Crippen LogP contribution is -2.36. The number of carbonyl (C=O) groups excluding carboxylic acids is 2. The Morgan fingerprint density at radius 3 is 2.64 bits per heavy atom. The Hall–Kier alpha value is -2.50. The Morgan fingerprint density at radius 2 is 2.00 bits per heavy atom. The Bertz CT molecular complexity index is 710. The largest absolute Gasteiger partial charge is 0.339 e. The van der Waals surface area contributed by atoms with Gasteiger partial charge in [0.25, 0.3) is 0 Å². The van der Waals surface area contributed by atoms with E-state index in [-0.39, 0.29) is 24.8 Å². The second-order valence-corrected chi connectivity index (χ2v) is 5.62. The predicted octanol–water partition coefficient (Wildman–Crippen LogP) is 1.85. The van der Waals surface area contributed by atoms with Gasteiger partial charge >= 0.3 is 0 Å². The van der Waals surface area contributed by atoms with E-state index in [9.17, 15) is 9.59 Å². The predicted molar refractivity (Wildman–Crippen MR) is 77.6 cm³/mol. The lowest BCUT2D eigenvalue weighted by molar-refractivity contribution is -0.140. The fourth-order valence-electron chi connectivity index (χ4n) is 2.72. The number of rotatable bonds is 4. The molecule has 1 aromatic heterocycles. The van der Waals surface area contributed by atoms with E-state index < -0.39 is 5.41 Å². The Morgan fingerprint density at radius 1 is 1.27 bits per heavy atom. The van der Waals surface area contributed by atoms with Gasteiger partial charge in [-0.1, -0.05) is 42.4 Å². The summed E-state index contributed by atoms with van der Waals surface area (Å²) in [5, 5.41) is 3.81. The minimum atomic E-state index is -0.824. The Labute approximate surface area is 128 Å². The second kappa shape index (κ2) is 5.36. The van der Waals surface area contributed by atoms with Gasteiger partial charge in [-0.15, -0.1) is 0 Å². The molecular formula is C16H17N3O3. The minimum absolute atomic E-state index is 0.0591. The van der Waals surface area contributed by atoms with Crippen LogP contribution in [-0.2, 0) is 28.0 Å². The highest BCUT2D eigenvalue weighted by molar-refractivity contribution is 6.08. The molecular weight excluding hydrogens is 282 g/mol. The van der Waals surface area contributed by atoms with Crippen molar-refractivity contribution in [3.63, 3.8) is 0 Å². The summed E-state index contributed by atoms with van der Waals surface area (Å²) in [5.41, 5.74) is 0.0218. The number of amides is 2. The summed E-state index contributed by atoms with van der Waals surface area (Å²) >= 11 is 0. The maximum Gasteiger partial charge on any atom is 0.240 e. The molecule has 2 amide bonds. The standard InChI is InChI=1S/C16H17N3O3/c1-3-13-17-12(18-22-13)10-19-14(20)9-16(2,15(19)21)11-7-5-4-6-8-11/h4-8H,3,9-10H2,1-2H3/t16-/m0/s1. The number of likely N-dealkylation sites (tertiary alicyclic amines) is 1. The van der Waals surface area contributed by atoms with Gasteiger partial charge in [0.2, 0.25) is 17.7 Å². The maximum atomic E-state index is 12.7. The van der Waals surface area contributed by atoms with Gasteiger partial charge in [-0.2, -0.15) is 4.98 Å². The summed E-state index contributed by atoms with van der Waals surface area (Å²) < 4.78 is 5.02. The van der Waals surface area contributed by atoms with E-state index in [2.05, 4.69) is 10.1 Å². The monoisotopic (exact) mass is 299 g/mol. The number of carbonyl (C=O) groups is 2. The number of imide groups is 1. The molecule has 2 heterocycles. The molecule has 0 saturated carbocycles. The molecule has 0 unspecified atom stereocenters. The molecule has 114 valence electrons. The third-order valence-corrected chi connectivity index (χ3v) is 4.05. The smallest absolute Gasteiger partial charge is 0.240 e. The fraction of sp³-hybridized carbons (Fsp3) is 0.375. The van der Waals surface area contributed by atoms with E-state index in [1.807, 2.05) is 37.3 Å². The molecule has 6 heteroatoms. The summed E-state index contributed by atoms with van der Waals surface area (Å²) in [7, 11) is 0. The topological polar surface area (TPSA) is 76.3 Å². The molecule has 0 radical (unpaired) electrons. The molecule has 0 aliphatic carbocycles. The lowest BCUT2D eigenvalue weighted by atomic mass is 9.81. The van der Waals surface area contributed by atoms with Gasteiger partial charge in [-0.05, 0) is 12.5 Å². The summed E-state index contributed by atoms with van der Waals surface area (Å²) in [4.78, 5) is 30.4. The van der Waals surface area contributed by atoms with Gasteiger partial charge in [0.05, 0.1) is 12.0 Å². The average Bonchev–Trinajstić information content (AvgIpc) is 3.07. The molecule has 0 N–H and O–H groups in total. The van der Waals surface area contributed by atoms with Gasteiger partial charge < -0.3 is 4.52 Å². The maximum absolute atomic E-state index is 12.7. The highest BCUT2D eigenvalue weighted by Gasteiger charge is 2.49. The van der Waals surface area contributed by atoms with Crippen LogP contribution < -0.4 is 0 Å². The van der Waals surface area contributed by atoms with Gasteiger partial charge in [0.15, 0.2) is 5.82 Å². The van der Waals surface area contributed by atoms with Crippen LogP contribution in [0.25, 0.3) is 0 Å². The molecule has 0 spiro atoms. The average molecular weight is 299 g/mol. The van der Waals surface area contributed by atoms with E-state index in [0.29, 0.717) is 18.1 Å². The normalized spacial score (nSPS) is 21.6. The molecule has 3 rings (SSSR count). The molecule has 6 nitrogen and oxygen atoms in total. The van der Waals surface area contributed by atoms with Crippen LogP contribution in [0.3, 0.4) is 0 Å². The van der Waals surface area contributed by atoms with Crippen molar-refractivity contribution in [2.75, 3.05) is 0 Å². The fourth-order valence-corrected chi connectivity index (χ4v) is 2.72. The SMILES string of the molecule is CCc1nc(CN2C(=O)C[C@@](C)(c3ccccc3)C2=O)no1. The zero-order valence-corrected chi connectivity index (χ0v) is 12.6. The van der Waals surface area contributed by atoms with Crippen molar-refractivity contribution in [3.05, 3.63) is 47.6 Å². The minimum Gasteiger partial charge on any atom is -0.339 e. The first-order chi connectivity index (χ1) is 10.5. The van der Waals surface area contributed by atoms with Gasteiger partial charge in [-0.25, -0.2) is 0 Å². The Kier molecular flexibility index (Phi) is 3.52. The second-order valence-electron chi connectivity index (χ2n) is 5.62. The highest BCUT2D eigenvalue weighted by Crippen LogP contribution is 2.36. The van der Waals surface area contributed by atoms with Crippen molar-refractivity contribution in [1.29, 1.82) is 0 Å². The van der Waals surface area contributed by atoms with Crippen LogP contribution in [0, 0.1) is 0 Å². The van der Waals surface area contributed by atoms with E-state index in [4.69, 9.17) is 4.52 Å². The molecule has 0 bridgehead atoms. The third kappa shape index (κ3) is 2.30. The molecule has 1 aliphatic heterocycles. The number of nitrogens with zero attached hydrogens (tertiary/aromatic N) is 3. The van der Waals surface area contributed by atoms with Crippen molar-refractivity contribution in [3.8, 4) is 0 Å². The quantitative estimate of drug-likeness (QED) is 0.805. The summed E-state index contributed by atoms with van der Waals surface area (Å²) in [6.07, 6.45) is 0.783. The summed E-state index contributed by atoms with van der Waals surface area (Å²) in [5.74, 6) is 0.432. The molecule has 22 heavy (non-hydrogen) atoms. The molecule has 1 atom stereocenters. The molecule has 1 aromatic carbocycles. The van der Waals surface area contributed by atoms with Crippen molar-refractivity contribution in [1.82, 2.24) is 15.0 Å². The zero-order chi connectivity index (χ0) is 15.7. The van der Waals surface area contributed by atoms with E-state index >= 15 is 0 Å². The summed E-state index contributed by atoms with van der Waals surface area (Å²) in [6.45, 7) is 3.76. The molecule has 1 fully saturated rings. The number of benzene rings is 1. The van der Waals surface area contributed by atoms with E-state index in [0.717, 1.165) is 5.56 Å². The van der Waals surface area contributed by atoms with E-state index in [1.165, 1.54) is 4.90 Å². The van der Waals surface area contributed by atoms with Gasteiger partial charge in [0, 0.05) is 12.8 Å². The van der Waals surface area contributed by atoms with Crippen molar-refractivity contribution >= 4 is 11.8 Å². The number of hydrogen-bond donors (Lipinski definition) is 0. The van der Waals surface area contributed by atoms with Crippen LogP contribution in [0.4, 0.5) is 0 Å². The first kappa shape index (κ1) is 14.4. The number of aromatic nitrogens is 2. The van der Waals surface area contributed by atoms with E-state index in [1.54, 1.807) is 6.92 Å². The van der Waals surface area contributed by atoms with Crippen LogP contribution in [0.15, 0.2) is 34.9 Å². The van der Waals surface area contributed by atoms with Crippen molar-refractivity contribution in [2.24, 2.45) is 0 Å². The lowest BCUT2D eigenvalue weighted by Gasteiger charge is -2.22. The Balaban J connectivity index is 1.85. The molecule has 1 saturated heterocycles. The number of hydrogen-bond acceptors (Lipinski definition) is 5. The number of aryl methyl sites for hydroxylation is 1. The van der Waals surface area contributed by atoms with Crippen molar-refractivity contribution in [2.45, 2.75) is 38.6 Å². The van der Waals surface area contributed by atoms with Crippen LogP contribution in [0.2, 0.25) is 0 Å². The van der Waals surface area contributed by atoms with Crippen LogP contribution in [-0.4, -0.2) is 26.9 Å². The van der Waals surface area contributed by atoms with Crippen LogP contribution >= 0.6 is 0 Å². The van der Waals surface area contributed by atoms with Crippen LogP contribution in [0.1, 0.15) is 37.5 Å². The first-order valence-electron chi connectivity index (χ1n) is 7.26. The zero-order valence-electron chi connectivity index (χ0n) is 12.6. The third-order valence-electron chi connectivity index (χ3n) is 4.05. The van der Waals surface area contributed by atoms with Gasteiger partial charge in [-0.3, -0.25) is 14.5 Å². The first-order valence-corrected chi connectivity index (χ1v) is 7.26. The van der Waals surface area contributed by atoms with Gasteiger partial charge in [0.1, 0.15) is 0 Å². The summed E-state index contributed by atoms with van der Waals surface area (Å²) in [6, 6.07) is 9.37. The highest BCUT2D eigenvalue weighted by atomic mass is 16.5. The molecule has 1 aliphatic rings. The van der Waals surface area contributed by atoms with Crippen molar-refractivity contribution < 1.29 is 14.1 Å². The molecule has 2 aromatic rings. The van der Waals surface area contributed by atoms with Crippen LogP contribution in [0.5, 0.6) is 0 Å².